The summed E-state index contributed by atoms with van der Waals surface area (Å²) in [4.78, 5) is 0. The average Bonchev–Trinajstić information content (AvgIpc) is 2.41. The van der Waals surface area contributed by atoms with E-state index in [9.17, 15) is 0 Å². The first-order valence-corrected chi connectivity index (χ1v) is 7.47. The maximum atomic E-state index is 6.34. The minimum absolute atomic E-state index is 0.0165. The molecular formula is C16H16Cl3N. The number of halogens is 3. The summed E-state index contributed by atoms with van der Waals surface area (Å²) in [6, 6.07) is 9.74. The van der Waals surface area contributed by atoms with Crippen molar-refractivity contribution >= 4 is 34.8 Å². The molecule has 2 rings (SSSR count). The van der Waals surface area contributed by atoms with Crippen molar-refractivity contribution in [1.82, 2.24) is 5.32 Å². The number of nitrogens with one attached hydrogen (secondary N) is 1. The molecule has 0 aromatic heterocycles. The lowest BCUT2D eigenvalue weighted by atomic mass is 9.93. The highest BCUT2D eigenvalue weighted by atomic mass is 35.5. The fourth-order valence-corrected chi connectivity index (χ4v) is 2.97. The van der Waals surface area contributed by atoms with Crippen LogP contribution in [0.3, 0.4) is 0 Å². The van der Waals surface area contributed by atoms with Crippen molar-refractivity contribution < 1.29 is 0 Å². The first-order valence-electron chi connectivity index (χ1n) is 6.33. The van der Waals surface area contributed by atoms with Gasteiger partial charge in [0, 0.05) is 5.02 Å². The molecule has 1 unspecified atom stereocenters. The molecule has 2 aromatic carbocycles. The van der Waals surface area contributed by atoms with E-state index in [-0.39, 0.29) is 6.04 Å². The average molecular weight is 329 g/mol. The van der Waals surface area contributed by atoms with Gasteiger partial charge in [-0.15, -0.1) is 0 Å². The number of aryl methyl sites for hydroxylation is 2. The zero-order valence-corrected chi connectivity index (χ0v) is 13.9. The molecule has 20 heavy (non-hydrogen) atoms. The van der Waals surface area contributed by atoms with Gasteiger partial charge < -0.3 is 5.32 Å². The Balaban J connectivity index is 2.58. The standard InChI is InChI=1S/C16H16Cl3N/c1-9-8-14(18)10(2)7-12(9)16(20-3)11-5-4-6-13(17)15(11)19/h4-8,16,20H,1-3H3. The van der Waals surface area contributed by atoms with E-state index in [1.54, 1.807) is 6.07 Å². The summed E-state index contributed by atoms with van der Waals surface area (Å²) >= 11 is 18.6. The third-order valence-corrected chi connectivity index (χ3v) is 4.68. The molecule has 0 fully saturated rings. The summed E-state index contributed by atoms with van der Waals surface area (Å²) in [7, 11) is 1.91. The minimum Gasteiger partial charge on any atom is -0.309 e. The Morgan fingerprint density at radius 2 is 1.60 bits per heavy atom. The van der Waals surface area contributed by atoms with Crippen molar-refractivity contribution in [3.05, 3.63) is 67.7 Å². The maximum Gasteiger partial charge on any atom is 0.0643 e. The second-order valence-electron chi connectivity index (χ2n) is 4.82. The summed E-state index contributed by atoms with van der Waals surface area (Å²) in [5.41, 5.74) is 4.28. The van der Waals surface area contributed by atoms with E-state index in [1.807, 2.05) is 39.1 Å². The largest absolute Gasteiger partial charge is 0.309 e. The molecule has 0 aliphatic carbocycles. The van der Waals surface area contributed by atoms with Crippen LogP contribution in [0.2, 0.25) is 15.1 Å². The molecule has 1 N–H and O–H groups in total. The minimum atomic E-state index is -0.0165. The summed E-state index contributed by atoms with van der Waals surface area (Å²) < 4.78 is 0. The highest BCUT2D eigenvalue weighted by molar-refractivity contribution is 6.42. The molecular weight excluding hydrogens is 313 g/mol. The van der Waals surface area contributed by atoms with Crippen LogP contribution in [0, 0.1) is 13.8 Å². The quantitative estimate of drug-likeness (QED) is 0.776. The van der Waals surface area contributed by atoms with Gasteiger partial charge in [0.05, 0.1) is 16.1 Å². The van der Waals surface area contributed by atoms with E-state index in [2.05, 4.69) is 11.4 Å². The van der Waals surface area contributed by atoms with Crippen LogP contribution in [0.4, 0.5) is 0 Å². The van der Waals surface area contributed by atoms with Crippen molar-refractivity contribution in [3.8, 4) is 0 Å². The van der Waals surface area contributed by atoms with Gasteiger partial charge in [0.15, 0.2) is 0 Å². The van der Waals surface area contributed by atoms with E-state index in [4.69, 9.17) is 34.8 Å². The molecule has 0 heterocycles. The van der Waals surface area contributed by atoms with Gasteiger partial charge in [0.25, 0.3) is 0 Å². The number of benzene rings is 2. The molecule has 0 bridgehead atoms. The molecule has 0 amide bonds. The summed E-state index contributed by atoms with van der Waals surface area (Å²) in [6.45, 7) is 4.04. The molecule has 0 saturated heterocycles. The Hall–Kier alpha value is -0.730. The lowest BCUT2D eigenvalue weighted by Crippen LogP contribution is -2.19. The predicted octanol–water partition coefficient (Wildman–Crippen LogP) is 5.57. The topological polar surface area (TPSA) is 12.0 Å². The van der Waals surface area contributed by atoms with E-state index in [1.165, 1.54) is 0 Å². The van der Waals surface area contributed by atoms with Gasteiger partial charge in [-0.25, -0.2) is 0 Å². The van der Waals surface area contributed by atoms with Gasteiger partial charge in [-0.3, -0.25) is 0 Å². The number of rotatable bonds is 3. The molecule has 4 heteroatoms. The van der Waals surface area contributed by atoms with Gasteiger partial charge in [-0.2, -0.15) is 0 Å². The fourth-order valence-electron chi connectivity index (χ4n) is 2.34. The molecule has 0 aliphatic heterocycles. The monoisotopic (exact) mass is 327 g/mol. The van der Waals surface area contributed by atoms with Gasteiger partial charge >= 0.3 is 0 Å². The SMILES string of the molecule is CNC(c1cc(C)c(Cl)cc1C)c1cccc(Cl)c1Cl. The van der Waals surface area contributed by atoms with Gasteiger partial charge in [0.2, 0.25) is 0 Å². The van der Waals surface area contributed by atoms with Gasteiger partial charge in [0.1, 0.15) is 0 Å². The van der Waals surface area contributed by atoms with Crippen LogP contribution in [0.1, 0.15) is 28.3 Å². The van der Waals surface area contributed by atoms with E-state index in [0.717, 1.165) is 27.3 Å². The van der Waals surface area contributed by atoms with E-state index < -0.39 is 0 Å². The van der Waals surface area contributed by atoms with E-state index >= 15 is 0 Å². The van der Waals surface area contributed by atoms with E-state index in [0.29, 0.717) is 10.0 Å². The zero-order valence-electron chi connectivity index (χ0n) is 11.6. The van der Waals surface area contributed by atoms with Crippen LogP contribution in [0.5, 0.6) is 0 Å². The first kappa shape index (κ1) is 15.7. The molecule has 1 nitrogen and oxygen atoms in total. The Labute approximate surface area is 134 Å². The molecule has 0 spiro atoms. The summed E-state index contributed by atoms with van der Waals surface area (Å²) in [6.07, 6.45) is 0. The summed E-state index contributed by atoms with van der Waals surface area (Å²) in [5, 5.41) is 5.23. The summed E-state index contributed by atoms with van der Waals surface area (Å²) in [5.74, 6) is 0. The van der Waals surface area contributed by atoms with Crippen LogP contribution in [0.15, 0.2) is 30.3 Å². The molecule has 0 aliphatic rings. The first-order chi connectivity index (χ1) is 9.45. The normalized spacial score (nSPS) is 12.5. The lowest BCUT2D eigenvalue weighted by Gasteiger charge is -2.22. The van der Waals surface area contributed by atoms with Crippen molar-refractivity contribution in [2.45, 2.75) is 19.9 Å². The van der Waals surface area contributed by atoms with Crippen molar-refractivity contribution in [3.63, 3.8) is 0 Å². The third kappa shape index (κ3) is 2.96. The number of hydrogen-bond acceptors (Lipinski definition) is 1. The Bertz CT molecular complexity index is 638. The van der Waals surface area contributed by atoms with Crippen LogP contribution < -0.4 is 5.32 Å². The second kappa shape index (κ2) is 6.36. The van der Waals surface area contributed by atoms with Gasteiger partial charge in [-0.05, 0) is 55.3 Å². The van der Waals surface area contributed by atoms with Crippen LogP contribution in [-0.2, 0) is 0 Å². The smallest absolute Gasteiger partial charge is 0.0643 e. The molecule has 2 aromatic rings. The third-order valence-electron chi connectivity index (χ3n) is 3.44. The fraction of sp³-hybridized carbons (Fsp3) is 0.250. The highest BCUT2D eigenvalue weighted by Gasteiger charge is 2.19. The molecule has 106 valence electrons. The molecule has 0 saturated carbocycles. The predicted molar refractivity (Wildman–Crippen MR) is 88.3 cm³/mol. The molecule has 0 radical (unpaired) electrons. The maximum absolute atomic E-state index is 6.34. The van der Waals surface area contributed by atoms with Crippen LogP contribution >= 0.6 is 34.8 Å². The van der Waals surface area contributed by atoms with Crippen molar-refractivity contribution in [2.24, 2.45) is 0 Å². The number of hydrogen-bond donors (Lipinski definition) is 1. The molecule has 1 atom stereocenters. The Morgan fingerprint density at radius 1 is 0.900 bits per heavy atom. The Kier molecular flexibility index (Phi) is 4.98. The zero-order chi connectivity index (χ0) is 14.9. The highest BCUT2D eigenvalue weighted by Crippen LogP contribution is 2.35. The lowest BCUT2D eigenvalue weighted by molar-refractivity contribution is 0.687. The van der Waals surface area contributed by atoms with Crippen LogP contribution in [-0.4, -0.2) is 7.05 Å². The Morgan fingerprint density at radius 3 is 2.25 bits per heavy atom. The van der Waals surface area contributed by atoms with Gasteiger partial charge in [-0.1, -0.05) is 53.0 Å². The van der Waals surface area contributed by atoms with Crippen molar-refractivity contribution in [1.29, 1.82) is 0 Å². The van der Waals surface area contributed by atoms with Crippen LogP contribution in [0.25, 0.3) is 0 Å². The van der Waals surface area contributed by atoms with Crippen molar-refractivity contribution in [2.75, 3.05) is 7.05 Å². The second-order valence-corrected chi connectivity index (χ2v) is 6.02.